The van der Waals surface area contributed by atoms with Crippen LogP contribution in [-0.4, -0.2) is 72.5 Å². The molecule has 3 N–H and O–H groups in total. The predicted molar refractivity (Wildman–Crippen MR) is 143 cm³/mol. The molecule has 1 aromatic carbocycles. The van der Waals surface area contributed by atoms with Gasteiger partial charge < -0.3 is 30.1 Å². The molecule has 9 heteroatoms. The fourth-order valence-electron chi connectivity index (χ4n) is 4.36. The van der Waals surface area contributed by atoms with Crippen LogP contribution in [0.4, 0.5) is 10.6 Å². The van der Waals surface area contributed by atoms with E-state index in [1.54, 1.807) is 7.11 Å². The molecule has 1 aliphatic heterocycles. The van der Waals surface area contributed by atoms with Crippen molar-refractivity contribution in [3.63, 3.8) is 0 Å². The molecule has 0 fully saturated rings. The number of carboxylic acid groups (broad SMARTS) is 1. The molecule has 0 bridgehead atoms. The summed E-state index contributed by atoms with van der Waals surface area (Å²) in [5.74, 6) is -0.0581. The summed E-state index contributed by atoms with van der Waals surface area (Å²) >= 11 is 0. The summed E-state index contributed by atoms with van der Waals surface area (Å²) in [5, 5.41) is 15.5. The lowest BCUT2D eigenvalue weighted by Crippen LogP contribution is -2.44. The summed E-state index contributed by atoms with van der Waals surface area (Å²) in [6.07, 6.45) is 4.61. The van der Waals surface area contributed by atoms with Gasteiger partial charge in [0.1, 0.15) is 18.5 Å². The van der Waals surface area contributed by atoms with Gasteiger partial charge in [-0.3, -0.25) is 0 Å². The second kappa shape index (κ2) is 15.2. The Morgan fingerprint density at radius 3 is 2.73 bits per heavy atom. The molecule has 37 heavy (non-hydrogen) atoms. The minimum atomic E-state index is -1.08. The number of aromatic nitrogens is 1. The Labute approximate surface area is 219 Å². The summed E-state index contributed by atoms with van der Waals surface area (Å²) in [4.78, 5) is 31.0. The quantitative estimate of drug-likeness (QED) is 0.308. The fourth-order valence-corrected chi connectivity index (χ4v) is 4.36. The second-order valence-electron chi connectivity index (χ2n) is 9.53. The molecule has 0 radical (unpaired) electrons. The molecular weight excluding hydrogens is 472 g/mol. The molecule has 1 aromatic heterocycles. The van der Waals surface area contributed by atoms with Crippen LogP contribution in [0.25, 0.3) is 0 Å². The second-order valence-corrected chi connectivity index (χ2v) is 9.53. The first-order valence-corrected chi connectivity index (χ1v) is 13.1. The fraction of sp³-hybridized carbons (Fsp3) is 0.536. The van der Waals surface area contributed by atoms with E-state index < -0.39 is 18.1 Å². The molecule has 202 valence electrons. The number of amides is 1. The number of aliphatic carboxylic acids is 1. The van der Waals surface area contributed by atoms with E-state index >= 15 is 0 Å². The SMILES string of the molecule is CO[C@H](C)CN(CCCCc1ccc2c(n1)NCCC2)CCC(NC(=O)OCc1ccccc1)C(=O)O. The topological polar surface area (TPSA) is 113 Å². The zero-order valence-corrected chi connectivity index (χ0v) is 21.9. The average molecular weight is 513 g/mol. The van der Waals surface area contributed by atoms with E-state index in [0.717, 1.165) is 62.3 Å². The lowest BCUT2D eigenvalue weighted by molar-refractivity contribution is -0.139. The Hall–Kier alpha value is -3.17. The molecule has 0 spiro atoms. The first-order valence-electron chi connectivity index (χ1n) is 13.1. The smallest absolute Gasteiger partial charge is 0.408 e. The van der Waals surface area contributed by atoms with Crippen molar-refractivity contribution in [2.75, 3.05) is 38.6 Å². The third-order valence-corrected chi connectivity index (χ3v) is 6.56. The number of nitrogens with zero attached hydrogens (tertiary/aromatic N) is 2. The summed E-state index contributed by atoms with van der Waals surface area (Å²) in [7, 11) is 1.67. The molecule has 1 unspecified atom stereocenters. The zero-order valence-electron chi connectivity index (χ0n) is 21.9. The van der Waals surface area contributed by atoms with Gasteiger partial charge in [0.15, 0.2) is 0 Å². The van der Waals surface area contributed by atoms with E-state index in [0.29, 0.717) is 13.1 Å². The van der Waals surface area contributed by atoms with Gasteiger partial charge in [0.25, 0.3) is 0 Å². The van der Waals surface area contributed by atoms with Gasteiger partial charge in [-0.25, -0.2) is 14.6 Å². The standard InChI is InChI=1S/C28H40N4O5/c1-21(36-2)19-32(17-7-6-12-24-14-13-23-11-8-16-29-26(23)30-24)18-15-25(27(33)34)31-28(35)37-20-22-9-4-3-5-10-22/h3-5,9-10,13-14,21,25H,6-8,11-12,15-20H2,1-2H3,(H,29,30)(H,31,35)(H,33,34)/t21-,25?/m1/s1. The Bertz CT molecular complexity index is 988. The van der Waals surface area contributed by atoms with Crippen molar-refractivity contribution >= 4 is 17.9 Å². The molecule has 0 saturated heterocycles. The number of hydrogen-bond acceptors (Lipinski definition) is 7. The van der Waals surface area contributed by atoms with Crippen LogP contribution < -0.4 is 10.6 Å². The maximum absolute atomic E-state index is 12.2. The molecule has 0 saturated carbocycles. The molecule has 0 aliphatic carbocycles. The maximum Gasteiger partial charge on any atom is 0.408 e. The number of pyridine rings is 1. The number of nitrogens with one attached hydrogen (secondary N) is 2. The van der Waals surface area contributed by atoms with Crippen molar-refractivity contribution < 1.29 is 24.2 Å². The summed E-state index contributed by atoms with van der Waals surface area (Å²) < 4.78 is 10.6. The lowest BCUT2D eigenvalue weighted by atomic mass is 10.1. The van der Waals surface area contributed by atoms with Crippen molar-refractivity contribution in [1.29, 1.82) is 0 Å². The minimum Gasteiger partial charge on any atom is -0.480 e. The zero-order chi connectivity index (χ0) is 26.5. The van der Waals surface area contributed by atoms with E-state index in [1.807, 2.05) is 37.3 Å². The van der Waals surface area contributed by atoms with Crippen LogP contribution in [-0.2, 0) is 33.7 Å². The van der Waals surface area contributed by atoms with Crippen molar-refractivity contribution in [2.45, 2.75) is 64.2 Å². The Morgan fingerprint density at radius 2 is 1.97 bits per heavy atom. The summed E-state index contributed by atoms with van der Waals surface area (Å²) in [6.45, 7) is 5.07. The van der Waals surface area contributed by atoms with Gasteiger partial charge in [-0.15, -0.1) is 0 Å². The van der Waals surface area contributed by atoms with Crippen LogP contribution >= 0.6 is 0 Å². The van der Waals surface area contributed by atoms with Crippen molar-refractivity contribution in [2.24, 2.45) is 0 Å². The van der Waals surface area contributed by atoms with Crippen LogP contribution in [0.3, 0.4) is 0 Å². The van der Waals surface area contributed by atoms with Gasteiger partial charge in [0, 0.05) is 32.4 Å². The number of anilines is 1. The number of methoxy groups -OCH3 is 1. The molecule has 2 aromatic rings. The van der Waals surface area contributed by atoms with Crippen molar-refractivity contribution in [3.8, 4) is 0 Å². The number of benzene rings is 1. The van der Waals surface area contributed by atoms with E-state index in [9.17, 15) is 14.7 Å². The highest BCUT2D eigenvalue weighted by Crippen LogP contribution is 2.20. The van der Waals surface area contributed by atoms with Crippen LogP contribution in [0, 0.1) is 0 Å². The Kier molecular flexibility index (Phi) is 11.6. The maximum atomic E-state index is 12.2. The molecule has 2 heterocycles. The van der Waals surface area contributed by atoms with Crippen LogP contribution in [0.2, 0.25) is 0 Å². The Morgan fingerprint density at radius 1 is 1.16 bits per heavy atom. The number of carboxylic acids is 1. The van der Waals surface area contributed by atoms with Crippen molar-refractivity contribution in [3.05, 3.63) is 59.3 Å². The number of hydrogen-bond donors (Lipinski definition) is 3. The highest BCUT2D eigenvalue weighted by atomic mass is 16.5. The molecule has 3 rings (SSSR count). The third-order valence-electron chi connectivity index (χ3n) is 6.56. The largest absolute Gasteiger partial charge is 0.480 e. The average Bonchev–Trinajstić information content (AvgIpc) is 2.92. The van der Waals surface area contributed by atoms with E-state index in [2.05, 4.69) is 27.7 Å². The molecule has 1 amide bonds. The molecule has 1 aliphatic rings. The normalized spacial score (nSPS) is 14.4. The van der Waals surface area contributed by atoms with Gasteiger partial charge >= 0.3 is 12.1 Å². The van der Waals surface area contributed by atoms with E-state index in [4.69, 9.17) is 14.5 Å². The van der Waals surface area contributed by atoms with Gasteiger partial charge in [0.2, 0.25) is 0 Å². The number of carbonyl (C=O) groups excluding carboxylic acids is 1. The number of rotatable bonds is 15. The number of carbonyl (C=O) groups is 2. The highest BCUT2D eigenvalue weighted by Gasteiger charge is 2.22. The first-order chi connectivity index (χ1) is 17.9. The molecule has 2 atom stereocenters. The monoisotopic (exact) mass is 512 g/mol. The van der Waals surface area contributed by atoms with E-state index in [1.165, 1.54) is 5.56 Å². The number of fused-ring (bicyclic) bond motifs is 1. The Balaban J connectivity index is 1.45. The third kappa shape index (κ3) is 10.0. The van der Waals surface area contributed by atoms with Gasteiger partial charge in [-0.1, -0.05) is 36.4 Å². The number of alkyl carbamates (subject to hydrolysis) is 1. The minimum absolute atomic E-state index is 0.0143. The van der Waals surface area contributed by atoms with Crippen LogP contribution in [0.1, 0.15) is 49.4 Å². The summed E-state index contributed by atoms with van der Waals surface area (Å²) in [5.41, 5.74) is 3.22. The molecular formula is C28H40N4O5. The highest BCUT2D eigenvalue weighted by molar-refractivity contribution is 5.79. The number of aryl methyl sites for hydroxylation is 2. The summed E-state index contributed by atoms with van der Waals surface area (Å²) in [6, 6.07) is 12.5. The van der Waals surface area contributed by atoms with Gasteiger partial charge in [0.05, 0.1) is 6.10 Å². The predicted octanol–water partition coefficient (Wildman–Crippen LogP) is 3.87. The van der Waals surface area contributed by atoms with E-state index in [-0.39, 0.29) is 19.1 Å². The lowest BCUT2D eigenvalue weighted by Gasteiger charge is -2.26. The first kappa shape index (κ1) is 28.4. The van der Waals surface area contributed by atoms with Crippen LogP contribution in [0.15, 0.2) is 42.5 Å². The van der Waals surface area contributed by atoms with Crippen molar-refractivity contribution in [1.82, 2.24) is 15.2 Å². The number of ether oxygens (including phenoxy) is 2. The number of unbranched alkanes of at least 4 members (excludes halogenated alkanes) is 1. The molecule has 9 nitrogen and oxygen atoms in total. The van der Waals surface area contributed by atoms with Gasteiger partial charge in [-0.05, 0) is 69.2 Å². The van der Waals surface area contributed by atoms with Gasteiger partial charge in [-0.2, -0.15) is 0 Å². The van der Waals surface area contributed by atoms with Crippen LogP contribution in [0.5, 0.6) is 0 Å².